The van der Waals surface area contributed by atoms with Crippen molar-refractivity contribution in [3.63, 3.8) is 0 Å². The minimum Gasteiger partial charge on any atom is -0.447 e. The van der Waals surface area contributed by atoms with E-state index in [-0.39, 0.29) is 17.9 Å². The molecule has 1 aliphatic heterocycles. The second kappa shape index (κ2) is 6.99. The van der Waals surface area contributed by atoms with Crippen molar-refractivity contribution in [1.82, 2.24) is 19.7 Å². The van der Waals surface area contributed by atoms with Crippen LogP contribution < -0.4 is 10.2 Å². The molecule has 1 N–H and O–H groups in total. The summed E-state index contributed by atoms with van der Waals surface area (Å²) in [5, 5.41) is 3.37. The molecule has 2 amide bonds. The molecule has 1 aliphatic rings. The molecule has 140 valence electrons. The first kappa shape index (κ1) is 17.5. The standard InChI is InChI=1S/C18H19N5O3S/c1-11(2)13-10-26-18(25)23(13)17-21-9-14(27-17)16(24)20-8-12-3-5-22-6-4-19-15(22)7-12/h3-7,9,11,13H,8,10H2,1-2H3,(H,20,24)/t13-/m1/s1. The number of aromatic nitrogens is 3. The van der Waals surface area contributed by atoms with Gasteiger partial charge < -0.3 is 14.5 Å². The molecule has 3 aromatic heterocycles. The van der Waals surface area contributed by atoms with Crippen LogP contribution in [0.25, 0.3) is 5.65 Å². The van der Waals surface area contributed by atoms with E-state index in [1.165, 1.54) is 17.5 Å². The number of carbonyl (C=O) groups excluding carboxylic acids is 2. The summed E-state index contributed by atoms with van der Waals surface area (Å²) in [7, 11) is 0. The van der Waals surface area contributed by atoms with Crippen LogP contribution in [0.5, 0.6) is 0 Å². The summed E-state index contributed by atoms with van der Waals surface area (Å²) in [6.45, 7) is 4.78. The summed E-state index contributed by atoms with van der Waals surface area (Å²) in [5.41, 5.74) is 1.78. The second-order valence-electron chi connectivity index (χ2n) is 6.68. The number of hydrogen-bond acceptors (Lipinski definition) is 6. The summed E-state index contributed by atoms with van der Waals surface area (Å²) in [5.74, 6) is 0.00540. The highest BCUT2D eigenvalue weighted by molar-refractivity contribution is 7.17. The molecule has 27 heavy (non-hydrogen) atoms. The van der Waals surface area contributed by atoms with Gasteiger partial charge in [0, 0.05) is 25.1 Å². The van der Waals surface area contributed by atoms with E-state index >= 15 is 0 Å². The minimum absolute atomic E-state index is 0.0687. The van der Waals surface area contributed by atoms with E-state index < -0.39 is 6.09 Å². The van der Waals surface area contributed by atoms with Crippen LogP contribution in [-0.2, 0) is 11.3 Å². The van der Waals surface area contributed by atoms with Crippen LogP contribution in [0.15, 0.2) is 36.9 Å². The van der Waals surface area contributed by atoms with Gasteiger partial charge in [-0.3, -0.25) is 4.79 Å². The SMILES string of the molecule is CC(C)[C@H]1COC(=O)N1c1ncc(C(=O)NCc2ccn3ccnc3c2)s1. The number of nitrogens with one attached hydrogen (secondary N) is 1. The molecule has 1 atom stereocenters. The summed E-state index contributed by atoms with van der Waals surface area (Å²) in [6, 6.07) is 3.78. The fourth-order valence-electron chi connectivity index (χ4n) is 2.96. The number of anilines is 1. The Kier molecular flexibility index (Phi) is 4.53. The third-order valence-corrected chi connectivity index (χ3v) is 5.51. The lowest BCUT2D eigenvalue weighted by Gasteiger charge is -2.21. The summed E-state index contributed by atoms with van der Waals surface area (Å²) in [6.07, 6.45) is 6.58. The number of rotatable bonds is 5. The van der Waals surface area contributed by atoms with E-state index in [1.54, 1.807) is 11.1 Å². The molecule has 1 fully saturated rings. The van der Waals surface area contributed by atoms with Crippen molar-refractivity contribution in [2.45, 2.75) is 26.4 Å². The quantitative estimate of drug-likeness (QED) is 0.729. The number of thiazole rings is 1. The van der Waals surface area contributed by atoms with E-state index in [4.69, 9.17) is 4.74 Å². The molecule has 0 spiro atoms. The third kappa shape index (κ3) is 3.37. The number of pyridine rings is 1. The number of imidazole rings is 1. The number of ether oxygens (including phenoxy) is 1. The topological polar surface area (TPSA) is 88.8 Å². The monoisotopic (exact) mass is 385 g/mol. The molecule has 9 heteroatoms. The van der Waals surface area contributed by atoms with Crippen LogP contribution in [0.3, 0.4) is 0 Å². The average molecular weight is 385 g/mol. The predicted molar refractivity (Wildman–Crippen MR) is 101 cm³/mol. The van der Waals surface area contributed by atoms with E-state index in [0.717, 1.165) is 11.2 Å². The Morgan fingerprint density at radius 3 is 3.07 bits per heavy atom. The number of amides is 2. The lowest BCUT2D eigenvalue weighted by molar-refractivity contribution is 0.0954. The lowest BCUT2D eigenvalue weighted by Crippen LogP contribution is -2.37. The molecule has 0 radical (unpaired) electrons. The molecular weight excluding hydrogens is 366 g/mol. The Hall–Kier alpha value is -2.94. The van der Waals surface area contributed by atoms with E-state index in [1.807, 2.05) is 42.8 Å². The molecule has 0 unspecified atom stereocenters. The summed E-state index contributed by atoms with van der Waals surface area (Å²) < 4.78 is 7.05. The number of hydrogen-bond donors (Lipinski definition) is 1. The Labute approximate surface area is 159 Å². The van der Waals surface area contributed by atoms with Crippen molar-refractivity contribution in [3.8, 4) is 0 Å². The van der Waals surface area contributed by atoms with Crippen LogP contribution in [0.4, 0.5) is 9.93 Å². The van der Waals surface area contributed by atoms with Gasteiger partial charge in [-0.25, -0.2) is 19.7 Å². The van der Waals surface area contributed by atoms with Crippen molar-refractivity contribution in [2.24, 2.45) is 5.92 Å². The van der Waals surface area contributed by atoms with Gasteiger partial charge in [-0.1, -0.05) is 25.2 Å². The van der Waals surface area contributed by atoms with Gasteiger partial charge >= 0.3 is 6.09 Å². The molecule has 4 heterocycles. The maximum absolute atomic E-state index is 12.5. The minimum atomic E-state index is -0.414. The smallest absolute Gasteiger partial charge is 0.416 e. The van der Waals surface area contributed by atoms with Crippen LogP contribution >= 0.6 is 11.3 Å². The number of nitrogens with zero attached hydrogens (tertiary/aromatic N) is 4. The first-order valence-electron chi connectivity index (χ1n) is 8.64. The molecular formula is C18H19N5O3S. The van der Waals surface area contributed by atoms with Crippen LogP contribution in [-0.4, -0.2) is 39.0 Å². The van der Waals surface area contributed by atoms with Crippen molar-refractivity contribution in [2.75, 3.05) is 11.5 Å². The fraction of sp³-hybridized carbons (Fsp3) is 0.333. The Bertz CT molecular complexity index is 996. The molecule has 8 nitrogen and oxygen atoms in total. The zero-order chi connectivity index (χ0) is 19.0. The normalized spacial score (nSPS) is 16.9. The van der Waals surface area contributed by atoms with Gasteiger partial charge in [0.25, 0.3) is 5.91 Å². The highest BCUT2D eigenvalue weighted by Crippen LogP contribution is 2.30. The zero-order valence-electron chi connectivity index (χ0n) is 15.0. The van der Waals surface area contributed by atoms with Gasteiger partial charge in [0.05, 0.1) is 12.2 Å². The fourth-order valence-corrected chi connectivity index (χ4v) is 3.84. The molecule has 0 aromatic carbocycles. The van der Waals surface area contributed by atoms with Gasteiger partial charge in [-0.15, -0.1) is 0 Å². The van der Waals surface area contributed by atoms with Crippen LogP contribution in [0, 0.1) is 5.92 Å². The number of carbonyl (C=O) groups is 2. The van der Waals surface area contributed by atoms with Gasteiger partial charge in [-0.2, -0.15) is 0 Å². The molecule has 0 bridgehead atoms. The van der Waals surface area contributed by atoms with Crippen LogP contribution in [0.2, 0.25) is 0 Å². The van der Waals surface area contributed by atoms with E-state index in [9.17, 15) is 9.59 Å². The first-order chi connectivity index (χ1) is 13.0. The Morgan fingerprint density at radius 2 is 2.26 bits per heavy atom. The highest BCUT2D eigenvalue weighted by Gasteiger charge is 2.38. The van der Waals surface area contributed by atoms with Crippen molar-refractivity contribution < 1.29 is 14.3 Å². The van der Waals surface area contributed by atoms with E-state index in [2.05, 4.69) is 15.3 Å². The maximum Gasteiger partial charge on any atom is 0.416 e. The molecule has 0 aliphatic carbocycles. The van der Waals surface area contributed by atoms with Gasteiger partial charge in [-0.05, 0) is 23.6 Å². The number of fused-ring (bicyclic) bond motifs is 1. The molecule has 1 saturated heterocycles. The highest BCUT2D eigenvalue weighted by atomic mass is 32.1. The largest absolute Gasteiger partial charge is 0.447 e. The predicted octanol–water partition coefficient (Wildman–Crippen LogP) is 2.70. The Morgan fingerprint density at radius 1 is 1.41 bits per heavy atom. The molecule has 0 saturated carbocycles. The molecule has 4 rings (SSSR count). The first-order valence-corrected chi connectivity index (χ1v) is 9.46. The Balaban J connectivity index is 1.44. The third-order valence-electron chi connectivity index (χ3n) is 4.51. The van der Waals surface area contributed by atoms with Crippen molar-refractivity contribution in [3.05, 3.63) is 47.4 Å². The summed E-state index contributed by atoms with van der Waals surface area (Å²) >= 11 is 1.19. The zero-order valence-corrected chi connectivity index (χ0v) is 15.8. The van der Waals surface area contributed by atoms with E-state index in [0.29, 0.717) is 23.2 Å². The summed E-state index contributed by atoms with van der Waals surface area (Å²) in [4.78, 5) is 35.0. The van der Waals surface area contributed by atoms with Gasteiger partial charge in [0.1, 0.15) is 17.1 Å². The average Bonchev–Trinajstić information content (AvgIpc) is 3.37. The molecule has 3 aromatic rings. The number of cyclic esters (lactones) is 1. The van der Waals surface area contributed by atoms with Gasteiger partial charge in [0.2, 0.25) is 0 Å². The van der Waals surface area contributed by atoms with Crippen molar-refractivity contribution >= 4 is 34.1 Å². The van der Waals surface area contributed by atoms with Crippen LogP contribution in [0.1, 0.15) is 29.1 Å². The maximum atomic E-state index is 12.5. The van der Waals surface area contributed by atoms with Gasteiger partial charge in [0.15, 0.2) is 5.13 Å². The van der Waals surface area contributed by atoms with Crippen molar-refractivity contribution in [1.29, 1.82) is 0 Å². The lowest BCUT2D eigenvalue weighted by atomic mass is 10.1. The second-order valence-corrected chi connectivity index (χ2v) is 7.68.